The largest absolute Gasteiger partial charge is 0.453 e. The maximum atomic E-state index is 12.2. The number of allylic oxidation sites excluding steroid dienone is 1. The molecule has 23 heavy (non-hydrogen) atoms. The van der Waals surface area contributed by atoms with Gasteiger partial charge in [-0.2, -0.15) is 13.2 Å². The second kappa shape index (κ2) is 6.49. The van der Waals surface area contributed by atoms with Crippen LogP contribution in [-0.2, 0) is 9.53 Å². The maximum Gasteiger partial charge on any atom is 0.422 e. The first-order valence-electron chi connectivity index (χ1n) is 6.45. The van der Waals surface area contributed by atoms with Crippen molar-refractivity contribution in [1.82, 2.24) is 10.6 Å². The van der Waals surface area contributed by atoms with E-state index in [0.29, 0.717) is 10.6 Å². The molecule has 0 bridgehead atoms. The lowest BCUT2D eigenvalue weighted by Crippen LogP contribution is -2.45. The predicted molar refractivity (Wildman–Crippen MR) is 75.6 cm³/mol. The molecule has 1 aliphatic rings. The van der Waals surface area contributed by atoms with Gasteiger partial charge in [-0.05, 0) is 24.6 Å². The number of carbonyl (C=O) groups excluding carboxylic acids is 2. The molecule has 1 aromatic carbocycles. The minimum Gasteiger partial charge on any atom is -0.453 e. The van der Waals surface area contributed by atoms with E-state index in [4.69, 9.17) is 11.6 Å². The Labute approximate surface area is 134 Å². The first-order valence-corrected chi connectivity index (χ1v) is 6.83. The van der Waals surface area contributed by atoms with Crippen LogP contribution >= 0.6 is 11.6 Å². The van der Waals surface area contributed by atoms with Gasteiger partial charge in [-0.3, -0.25) is 0 Å². The van der Waals surface area contributed by atoms with Crippen LogP contribution in [0.4, 0.5) is 18.0 Å². The second-order valence-electron chi connectivity index (χ2n) is 4.81. The number of urea groups is 1. The van der Waals surface area contributed by atoms with Crippen LogP contribution in [0.25, 0.3) is 0 Å². The number of rotatable bonds is 3. The average molecular weight is 349 g/mol. The molecule has 1 heterocycles. The van der Waals surface area contributed by atoms with Crippen molar-refractivity contribution < 1.29 is 27.5 Å². The molecule has 2 rings (SSSR count). The summed E-state index contributed by atoms with van der Waals surface area (Å²) in [7, 11) is 0. The highest BCUT2D eigenvalue weighted by Gasteiger charge is 2.35. The average Bonchev–Trinajstić information content (AvgIpc) is 2.44. The van der Waals surface area contributed by atoms with Crippen molar-refractivity contribution in [2.45, 2.75) is 19.1 Å². The molecule has 0 aromatic heterocycles. The van der Waals surface area contributed by atoms with Crippen LogP contribution in [0.5, 0.6) is 0 Å². The van der Waals surface area contributed by atoms with E-state index in [1.165, 1.54) is 6.92 Å². The molecule has 124 valence electrons. The van der Waals surface area contributed by atoms with Crippen molar-refractivity contribution in [3.05, 3.63) is 46.1 Å². The first-order chi connectivity index (χ1) is 10.7. The lowest BCUT2D eigenvalue weighted by Gasteiger charge is -2.28. The van der Waals surface area contributed by atoms with Crippen LogP contribution in [0.2, 0.25) is 5.02 Å². The molecule has 0 radical (unpaired) electrons. The highest BCUT2D eigenvalue weighted by Crippen LogP contribution is 2.29. The van der Waals surface area contributed by atoms with Crippen LogP contribution < -0.4 is 10.6 Å². The number of esters is 1. The summed E-state index contributed by atoms with van der Waals surface area (Å²) in [6.45, 7) is -0.296. The number of amides is 2. The number of hydrogen-bond acceptors (Lipinski definition) is 3. The Morgan fingerprint density at radius 2 is 1.91 bits per heavy atom. The fraction of sp³-hybridized carbons (Fsp3) is 0.286. The van der Waals surface area contributed by atoms with Gasteiger partial charge in [0.15, 0.2) is 6.61 Å². The van der Waals surface area contributed by atoms with E-state index in [-0.39, 0.29) is 11.3 Å². The monoisotopic (exact) mass is 348 g/mol. The zero-order valence-corrected chi connectivity index (χ0v) is 12.6. The summed E-state index contributed by atoms with van der Waals surface area (Å²) < 4.78 is 40.9. The van der Waals surface area contributed by atoms with Crippen molar-refractivity contribution in [1.29, 1.82) is 0 Å². The van der Waals surface area contributed by atoms with E-state index >= 15 is 0 Å². The molecule has 5 nitrogen and oxygen atoms in total. The lowest BCUT2D eigenvalue weighted by atomic mass is 9.96. The van der Waals surface area contributed by atoms with Crippen molar-refractivity contribution in [3.63, 3.8) is 0 Å². The number of benzene rings is 1. The lowest BCUT2D eigenvalue weighted by molar-refractivity contribution is -0.183. The number of halogens is 4. The van der Waals surface area contributed by atoms with Gasteiger partial charge >= 0.3 is 18.2 Å². The second-order valence-corrected chi connectivity index (χ2v) is 5.25. The standard InChI is InChI=1S/C14H12ClF3N2O3/c1-7-10(12(21)23-6-14(16,17)18)11(20-13(22)19-7)8-2-4-9(15)5-3-8/h2-5,11H,6H2,1H3,(H2,19,20,22)/t11-/m1/s1. The summed E-state index contributed by atoms with van der Waals surface area (Å²) in [4.78, 5) is 23.6. The third-order valence-electron chi connectivity index (χ3n) is 3.06. The molecule has 1 atom stereocenters. The summed E-state index contributed by atoms with van der Waals surface area (Å²) in [5, 5.41) is 5.26. The zero-order valence-electron chi connectivity index (χ0n) is 11.8. The molecule has 0 fully saturated rings. The van der Waals surface area contributed by atoms with Gasteiger partial charge in [-0.25, -0.2) is 9.59 Å². The molecule has 0 unspecified atom stereocenters. The van der Waals surface area contributed by atoms with E-state index < -0.39 is 30.8 Å². The minimum atomic E-state index is -4.63. The smallest absolute Gasteiger partial charge is 0.422 e. The van der Waals surface area contributed by atoms with Crippen LogP contribution in [0.15, 0.2) is 35.5 Å². The van der Waals surface area contributed by atoms with Gasteiger partial charge in [-0.15, -0.1) is 0 Å². The van der Waals surface area contributed by atoms with Crippen LogP contribution in [-0.4, -0.2) is 24.8 Å². The molecule has 1 aliphatic heterocycles. The molecule has 0 aliphatic carbocycles. The normalized spacial score (nSPS) is 18.3. The highest BCUT2D eigenvalue weighted by atomic mass is 35.5. The van der Waals surface area contributed by atoms with E-state index in [9.17, 15) is 22.8 Å². The Morgan fingerprint density at radius 1 is 1.30 bits per heavy atom. The van der Waals surface area contributed by atoms with Crippen molar-refractivity contribution in [2.24, 2.45) is 0 Å². The Balaban J connectivity index is 2.31. The van der Waals surface area contributed by atoms with Gasteiger partial charge in [0.25, 0.3) is 0 Å². The number of ether oxygens (including phenoxy) is 1. The van der Waals surface area contributed by atoms with Gasteiger partial charge in [0.2, 0.25) is 0 Å². The van der Waals surface area contributed by atoms with Crippen molar-refractivity contribution in [2.75, 3.05) is 6.61 Å². The topological polar surface area (TPSA) is 67.4 Å². The van der Waals surface area contributed by atoms with Crippen LogP contribution in [0, 0.1) is 0 Å². The summed E-state index contributed by atoms with van der Waals surface area (Å²) in [6, 6.07) is 4.70. The zero-order chi connectivity index (χ0) is 17.2. The van der Waals surface area contributed by atoms with Crippen molar-refractivity contribution >= 4 is 23.6 Å². The Morgan fingerprint density at radius 3 is 2.48 bits per heavy atom. The third kappa shape index (κ3) is 4.38. The molecule has 0 saturated carbocycles. The third-order valence-corrected chi connectivity index (χ3v) is 3.31. The Hall–Kier alpha value is -2.22. The number of nitrogens with one attached hydrogen (secondary N) is 2. The number of carbonyl (C=O) groups is 2. The molecule has 0 spiro atoms. The van der Waals surface area contributed by atoms with E-state index in [1.54, 1.807) is 24.3 Å². The minimum absolute atomic E-state index is 0.101. The van der Waals surface area contributed by atoms with Gasteiger partial charge in [0, 0.05) is 10.7 Å². The van der Waals surface area contributed by atoms with Gasteiger partial charge in [0.1, 0.15) is 0 Å². The Bertz CT molecular complexity index is 656. The van der Waals surface area contributed by atoms with E-state index in [2.05, 4.69) is 15.4 Å². The highest BCUT2D eigenvalue weighted by molar-refractivity contribution is 6.30. The molecule has 2 N–H and O–H groups in total. The first kappa shape index (κ1) is 17.1. The summed E-state index contributed by atoms with van der Waals surface area (Å²) in [6.07, 6.45) is -4.63. The van der Waals surface area contributed by atoms with E-state index in [1.807, 2.05) is 0 Å². The summed E-state index contributed by atoms with van der Waals surface area (Å²) >= 11 is 5.78. The number of alkyl halides is 3. The fourth-order valence-electron chi connectivity index (χ4n) is 2.09. The van der Waals surface area contributed by atoms with Gasteiger partial charge in [0.05, 0.1) is 11.6 Å². The maximum absolute atomic E-state index is 12.2. The van der Waals surface area contributed by atoms with Crippen LogP contribution in [0.3, 0.4) is 0 Å². The van der Waals surface area contributed by atoms with Gasteiger partial charge < -0.3 is 15.4 Å². The molecule has 1 aromatic rings. The quantitative estimate of drug-likeness (QED) is 0.825. The summed E-state index contributed by atoms with van der Waals surface area (Å²) in [5.41, 5.74) is 0.514. The summed E-state index contributed by atoms with van der Waals surface area (Å²) in [5.74, 6) is -1.16. The molecular formula is C14H12ClF3N2O3. The fourth-order valence-corrected chi connectivity index (χ4v) is 2.22. The predicted octanol–water partition coefficient (Wildman–Crippen LogP) is 3.07. The molecule has 2 amide bonds. The van der Waals surface area contributed by atoms with Gasteiger partial charge in [-0.1, -0.05) is 23.7 Å². The number of hydrogen-bond donors (Lipinski definition) is 2. The molecule has 9 heteroatoms. The Kier molecular flexibility index (Phi) is 4.84. The molecular weight excluding hydrogens is 337 g/mol. The SMILES string of the molecule is CC1=C(C(=O)OCC(F)(F)F)[C@@H](c2ccc(Cl)cc2)NC(=O)N1. The molecule has 0 saturated heterocycles. The van der Waals surface area contributed by atoms with Crippen molar-refractivity contribution in [3.8, 4) is 0 Å². The van der Waals surface area contributed by atoms with E-state index in [0.717, 1.165) is 0 Å². The van der Waals surface area contributed by atoms with Crippen LogP contribution in [0.1, 0.15) is 18.5 Å².